The van der Waals surface area contributed by atoms with Gasteiger partial charge in [0.1, 0.15) is 0 Å². The Hall–Kier alpha value is -1.72. The first-order valence-electron chi connectivity index (χ1n) is 7.57. The van der Waals surface area contributed by atoms with Crippen molar-refractivity contribution in [1.29, 1.82) is 0 Å². The average Bonchev–Trinajstić information content (AvgIpc) is 2.54. The van der Waals surface area contributed by atoms with Gasteiger partial charge in [0.15, 0.2) is 0 Å². The SMILES string of the molecule is CNCC1CCN(S(=O)(=O)c2ccc([N+](=O)[O-])cc2C(F)(F)F)CC1. The number of non-ortho nitro benzene ring substituents is 1. The third kappa shape index (κ3) is 4.28. The molecule has 1 aliphatic heterocycles. The van der Waals surface area contributed by atoms with Crippen molar-refractivity contribution in [2.75, 3.05) is 26.7 Å². The van der Waals surface area contributed by atoms with E-state index in [1.54, 1.807) is 7.05 Å². The van der Waals surface area contributed by atoms with Crippen LogP contribution in [-0.2, 0) is 16.2 Å². The maximum atomic E-state index is 13.2. The molecule has 0 aliphatic carbocycles. The Morgan fingerprint density at radius 1 is 1.32 bits per heavy atom. The third-order valence-corrected chi connectivity index (χ3v) is 6.12. The molecule has 0 amide bonds. The van der Waals surface area contributed by atoms with Crippen molar-refractivity contribution < 1.29 is 26.5 Å². The summed E-state index contributed by atoms with van der Waals surface area (Å²) in [5.74, 6) is 0.260. The van der Waals surface area contributed by atoms with Crippen molar-refractivity contribution in [1.82, 2.24) is 9.62 Å². The largest absolute Gasteiger partial charge is 0.417 e. The van der Waals surface area contributed by atoms with E-state index in [2.05, 4.69) is 5.32 Å². The molecule has 7 nitrogen and oxygen atoms in total. The molecule has 0 saturated carbocycles. The van der Waals surface area contributed by atoms with Crippen LogP contribution in [-0.4, -0.2) is 44.3 Å². The summed E-state index contributed by atoms with van der Waals surface area (Å²) in [6.07, 6.45) is -3.94. The van der Waals surface area contributed by atoms with Crippen molar-refractivity contribution in [3.63, 3.8) is 0 Å². The Morgan fingerprint density at radius 2 is 1.92 bits per heavy atom. The smallest absolute Gasteiger partial charge is 0.319 e. The highest BCUT2D eigenvalue weighted by molar-refractivity contribution is 7.89. The monoisotopic (exact) mass is 381 g/mol. The number of sulfonamides is 1. The number of hydrogen-bond acceptors (Lipinski definition) is 5. The summed E-state index contributed by atoms with van der Waals surface area (Å²) in [6.45, 7) is 0.936. The molecule has 140 valence electrons. The molecule has 25 heavy (non-hydrogen) atoms. The van der Waals surface area contributed by atoms with Crippen LogP contribution in [0.4, 0.5) is 18.9 Å². The summed E-state index contributed by atoms with van der Waals surface area (Å²) in [7, 11) is -2.61. The Morgan fingerprint density at radius 3 is 2.40 bits per heavy atom. The van der Waals surface area contributed by atoms with Crippen molar-refractivity contribution >= 4 is 15.7 Å². The predicted octanol–water partition coefficient (Wildman–Crippen LogP) is 2.23. The Balaban J connectivity index is 2.38. The zero-order valence-electron chi connectivity index (χ0n) is 13.4. The van der Waals surface area contributed by atoms with Gasteiger partial charge in [0, 0.05) is 25.2 Å². The van der Waals surface area contributed by atoms with Gasteiger partial charge in [-0.05, 0) is 38.4 Å². The first-order chi connectivity index (χ1) is 11.6. The van der Waals surface area contributed by atoms with Crippen LogP contribution >= 0.6 is 0 Å². The van der Waals surface area contributed by atoms with Gasteiger partial charge in [-0.1, -0.05) is 0 Å². The fourth-order valence-electron chi connectivity index (χ4n) is 2.86. The van der Waals surface area contributed by atoms with E-state index in [-0.39, 0.29) is 25.1 Å². The molecule has 1 saturated heterocycles. The van der Waals surface area contributed by atoms with Crippen LogP contribution in [0.3, 0.4) is 0 Å². The summed E-state index contributed by atoms with van der Waals surface area (Å²) in [6, 6.07) is 1.70. The quantitative estimate of drug-likeness (QED) is 0.624. The zero-order chi connectivity index (χ0) is 18.8. The molecule has 0 bridgehead atoms. The second-order valence-electron chi connectivity index (χ2n) is 5.84. The summed E-state index contributed by atoms with van der Waals surface area (Å²) in [5, 5.41) is 13.7. The summed E-state index contributed by atoms with van der Waals surface area (Å²) in [4.78, 5) is 8.78. The lowest BCUT2D eigenvalue weighted by Gasteiger charge is -2.31. The van der Waals surface area contributed by atoms with Gasteiger partial charge >= 0.3 is 6.18 Å². The fourth-order valence-corrected chi connectivity index (χ4v) is 4.52. The predicted molar refractivity (Wildman–Crippen MR) is 83.5 cm³/mol. The van der Waals surface area contributed by atoms with E-state index in [9.17, 15) is 31.7 Å². The lowest BCUT2D eigenvalue weighted by Crippen LogP contribution is -2.40. The molecule has 0 aromatic heterocycles. The van der Waals surface area contributed by atoms with Gasteiger partial charge in [-0.25, -0.2) is 8.42 Å². The fraction of sp³-hybridized carbons (Fsp3) is 0.571. The maximum absolute atomic E-state index is 13.2. The molecule has 1 aromatic rings. The van der Waals surface area contributed by atoms with Crippen LogP contribution < -0.4 is 5.32 Å². The van der Waals surface area contributed by atoms with Crippen LogP contribution in [0.25, 0.3) is 0 Å². The minimum atomic E-state index is -5.02. The van der Waals surface area contributed by atoms with Crippen LogP contribution in [0.1, 0.15) is 18.4 Å². The molecule has 2 rings (SSSR count). The topological polar surface area (TPSA) is 92.6 Å². The van der Waals surface area contributed by atoms with Crippen molar-refractivity contribution in [2.24, 2.45) is 5.92 Å². The van der Waals surface area contributed by atoms with Gasteiger partial charge in [0.2, 0.25) is 10.0 Å². The number of piperidine rings is 1. The van der Waals surface area contributed by atoms with E-state index in [1.165, 1.54) is 0 Å². The van der Waals surface area contributed by atoms with Crippen LogP contribution in [0.5, 0.6) is 0 Å². The first-order valence-corrected chi connectivity index (χ1v) is 9.01. The Labute approximate surface area is 143 Å². The number of nitro benzene ring substituents is 1. The molecule has 0 radical (unpaired) electrons. The van der Waals surface area contributed by atoms with E-state index in [4.69, 9.17) is 0 Å². The zero-order valence-corrected chi connectivity index (χ0v) is 14.2. The second-order valence-corrected chi connectivity index (χ2v) is 7.75. The summed E-state index contributed by atoms with van der Waals surface area (Å²) < 4.78 is 66.0. The Bertz CT molecular complexity index is 744. The van der Waals surface area contributed by atoms with Crippen molar-refractivity contribution in [3.8, 4) is 0 Å². The van der Waals surface area contributed by atoms with E-state index < -0.39 is 37.3 Å². The lowest BCUT2D eigenvalue weighted by atomic mass is 9.98. The van der Waals surface area contributed by atoms with Crippen LogP contribution in [0, 0.1) is 16.0 Å². The van der Waals surface area contributed by atoms with Gasteiger partial charge in [-0.2, -0.15) is 17.5 Å². The standard InChI is InChI=1S/C14H18F3N3O4S/c1-18-9-10-4-6-19(7-5-10)25(23,24)13-3-2-11(20(21)22)8-12(13)14(15,16)17/h2-3,8,10,18H,4-7,9H2,1H3. The van der Waals surface area contributed by atoms with E-state index in [1.807, 2.05) is 0 Å². The summed E-state index contributed by atoms with van der Waals surface area (Å²) >= 11 is 0. The molecule has 1 fully saturated rings. The third-order valence-electron chi connectivity index (χ3n) is 4.16. The highest BCUT2D eigenvalue weighted by Gasteiger charge is 2.41. The van der Waals surface area contributed by atoms with Crippen molar-refractivity contribution in [3.05, 3.63) is 33.9 Å². The summed E-state index contributed by atoms with van der Waals surface area (Å²) in [5.41, 5.74) is -2.32. The molecule has 11 heteroatoms. The minimum absolute atomic E-state index is 0.114. The molecule has 1 aromatic carbocycles. The first kappa shape index (κ1) is 19.6. The number of nitrogens with one attached hydrogen (secondary N) is 1. The number of halogens is 3. The van der Waals surface area contributed by atoms with Crippen molar-refractivity contribution in [2.45, 2.75) is 23.9 Å². The van der Waals surface area contributed by atoms with Gasteiger partial charge in [-0.15, -0.1) is 0 Å². The molecule has 1 N–H and O–H groups in total. The molecule has 0 atom stereocenters. The number of nitro groups is 1. The van der Waals surface area contributed by atoms with Gasteiger partial charge in [0.25, 0.3) is 5.69 Å². The number of alkyl halides is 3. The van der Waals surface area contributed by atoms with Crippen LogP contribution in [0.15, 0.2) is 23.1 Å². The number of hydrogen-bond donors (Lipinski definition) is 1. The highest BCUT2D eigenvalue weighted by Crippen LogP contribution is 2.38. The lowest BCUT2D eigenvalue weighted by molar-refractivity contribution is -0.385. The Kier molecular flexibility index (Phi) is 5.69. The number of rotatable bonds is 5. The number of benzene rings is 1. The molecular weight excluding hydrogens is 363 g/mol. The maximum Gasteiger partial charge on any atom is 0.417 e. The van der Waals surface area contributed by atoms with Crippen LogP contribution in [0.2, 0.25) is 0 Å². The van der Waals surface area contributed by atoms with E-state index in [0.717, 1.165) is 10.4 Å². The molecular formula is C14H18F3N3O4S. The van der Waals surface area contributed by atoms with Gasteiger partial charge in [0.05, 0.1) is 15.4 Å². The van der Waals surface area contributed by atoms with Gasteiger partial charge < -0.3 is 5.32 Å². The average molecular weight is 381 g/mol. The molecule has 0 unspecified atom stereocenters. The molecule has 0 spiro atoms. The normalized spacial score (nSPS) is 17.6. The minimum Gasteiger partial charge on any atom is -0.319 e. The van der Waals surface area contributed by atoms with E-state index in [0.29, 0.717) is 25.5 Å². The molecule has 1 heterocycles. The highest BCUT2D eigenvalue weighted by atomic mass is 32.2. The molecule has 1 aliphatic rings. The number of nitrogens with zero attached hydrogens (tertiary/aromatic N) is 2. The second kappa shape index (κ2) is 7.26. The van der Waals surface area contributed by atoms with E-state index >= 15 is 0 Å². The van der Waals surface area contributed by atoms with Gasteiger partial charge in [-0.3, -0.25) is 10.1 Å².